The molecule has 0 bridgehead atoms. The highest BCUT2D eigenvalue weighted by Crippen LogP contribution is 1.77. The third-order valence-corrected chi connectivity index (χ3v) is 1.22. The van der Waals surface area contributed by atoms with E-state index in [9.17, 15) is 0 Å². The summed E-state index contributed by atoms with van der Waals surface area (Å²) in [6.45, 7) is -0.0150. The number of aliphatic hydroxyl groups is 1. The lowest BCUT2D eigenvalue weighted by molar-refractivity contribution is 0.359. The second-order valence-electron chi connectivity index (χ2n) is 0.855. The molecule has 1 N–H and O–H groups in total. The molecule has 36 valence electrons. The smallest absolute Gasteiger partial charge is 0.0752 e. The molecule has 0 unspecified atom stereocenters. The Bertz CT molecular complexity index is 46.8. The van der Waals surface area contributed by atoms with Crippen LogP contribution in [0, 0.1) is 0 Å². The van der Waals surface area contributed by atoms with Crippen molar-refractivity contribution in [1.82, 2.24) is 0 Å². The molecule has 0 saturated heterocycles. The van der Waals surface area contributed by atoms with Crippen molar-refractivity contribution in [2.75, 3.05) is 12.4 Å². The summed E-state index contributed by atoms with van der Waals surface area (Å²) in [5.74, 6) is 0.506. The summed E-state index contributed by atoms with van der Waals surface area (Å²) in [6.07, 6.45) is 0. The van der Waals surface area contributed by atoms with E-state index in [1.807, 2.05) is 0 Å². The molecule has 1 nitrogen and oxygen atoms in total. The molecule has 0 aliphatic carbocycles. The Morgan fingerprint density at radius 2 is 2.33 bits per heavy atom. The average Bonchev–Trinajstić information content (AvgIpc) is 1.65. The fourth-order valence-electron chi connectivity index (χ4n) is 0.0500. The summed E-state index contributed by atoms with van der Waals surface area (Å²) in [4.78, 5) is 0.596. The highest BCUT2D eigenvalue weighted by atomic mass is 32.1. The molecule has 0 amide bonds. The molecule has 0 radical (unpaired) electrons. The van der Waals surface area contributed by atoms with E-state index in [2.05, 4.69) is 24.8 Å². The molecule has 0 aliphatic rings. The van der Waals surface area contributed by atoms with E-state index in [-0.39, 0.29) is 6.61 Å². The van der Waals surface area contributed by atoms with Gasteiger partial charge in [0.2, 0.25) is 0 Å². The van der Waals surface area contributed by atoms with Gasteiger partial charge in [-0.1, -0.05) is 12.2 Å². The van der Waals surface area contributed by atoms with Gasteiger partial charge in [-0.15, -0.1) is 0 Å². The van der Waals surface area contributed by atoms with Crippen molar-refractivity contribution >= 4 is 29.7 Å². The quantitative estimate of drug-likeness (QED) is 0.405. The third kappa shape index (κ3) is 2.63. The number of hydrogen-bond donors (Lipinski definition) is 2. The maximum Gasteiger partial charge on any atom is 0.0752 e. The van der Waals surface area contributed by atoms with Crippen molar-refractivity contribution < 1.29 is 5.11 Å². The third-order valence-electron chi connectivity index (χ3n) is 0.353. The van der Waals surface area contributed by atoms with E-state index in [4.69, 9.17) is 5.11 Å². The maximum atomic E-state index is 8.14. The Morgan fingerprint density at radius 1 is 1.83 bits per heavy atom. The van der Waals surface area contributed by atoms with Crippen LogP contribution in [0.25, 0.3) is 0 Å². The van der Waals surface area contributed by atoms with Crippen molar-refractivity contribution in [3.63, 3.8) is 0 Å². The number of rotatable bonds is 2. The molecule has 3 heteroatoms. The van der Waals surface area contributed by atoms with Crippen LogP contribution in [-0.2, 0) is 0 Å². The van der Waals surface area contributed by atoms with Crippen LogP contribution in [0.4, 0.5) is 0 Å². The summed E-state index contributed by atoms with van der Waals surface area (Å²) in [5, 5.41) is 8.14. The Hall–Kier alpha value is 0.400. The van der Waals surface area contributed by atoms with Crippen molar-refractivity contribution in [1.29, 1.82) is 0 Å². The normalized spacial score (nSPS) is 8.33. The molecule has 6 heavy (non-hydrogen) atoms. The lowest BCUT2D eigenvalue weighted by Gasteiger charge is -1.85. The molecular weight excluding hydrogens is 116 g/mol. The second-order valence-corrected chi connectivity index (χ2v) is 1.75. The van der Waals surface area contributed by atoms with Crippen molar-refractivity contribution in [3.05, 3.63) is 0 Å². The van der Waals surface area contributed by atoms with Crippen LogP contribution in [0.5, 0.6) is 0 Å². The molecule has 0 atom stereocenters. The van der Waals surface area contributed by atoms with Gasteiger partial charge in [-0.25, -0.2) is 0 Å². The van der Waals surface area contributed by atoms with Gasteiger partial charge < -0.3 is 5.11 Å². The van der Waals surface area contributed by atoms with Crippen LogP contribution in [0.3, 0.4) is 0 Å². The largest absolute Gasteiger partial charge is 0.391 e. The fraction of sp³-hybridized carbons (Fsp3) is 0.667. The molecule has 0 aromatic heterocycles. The van der Waals surface area contributed by atoms with Crippen LogP contribution < -0.4 is 0 Å². The van der Waals surface area contributed by atoms with Crippen LogP contribution in [-0.4, -0.2) is 22.3 Å². The van der Waals surface area contributed by atoms with E-state index < -0.39 is 0 Å². The first-order valence-electron chi connectivity index (χ1n) is 1.54. The molecule has 0 fully saturated rings. The minimum atomic E-state index is -0.0150. The predicted molar refractivity (Wildman–Crippen MR) is 33.5 cm³/mol. The van der Waals surface area contributed by atoms with Crippen LogP contribution in [0.15, 0.2) is 0 Å². The zero-order valence-electron chi connectivity index (χ0n) is 3.22. The highest BCUT2D eigenvalue weighted by Gasteiger charge is 1.83. The molecule has 0 saturated carbocycles. The number of aliphatic hydroxyl groups excluding tert-OH is 1. The molecule has 0 spiro atoms. The van der Waals surface area contributed by atoms with Crippen LogP contribution >= 0.6 is 24.8 Å². The lowest BCUT2D eigenvalue weighted by Crippen LogP contribution is -2.00. The first-order valence-corrected chi connectivity index (χ1v) is 2.58. The Kier molecular flexibility index (Phi) is 3.82. The number of thiocarbonyl (C=S) groups is 1. The number of thiol groups is 1. The van der Waals surface area contributed by atoms with Gasteiger partial charge in [-0.2, -0.15) is 12.6 Å². The summed E-state index contributed by atoms with van der Waals surface area (Å²) in [7, 11) is 0. The summed E-state index contributed by atoms with van der Waals surface area (Å²) in [5.41, 5.74) is 0. The number of hydrogen-bond acceptors (Lipinski definition) is 3. The van der Waals surface area contributed by atoms with E-state index in [0.717, 1.165) is 0 Å². The Labute approximate surface area is 47.8 Å². The first kappa shape index (κ1) is 6.40. The van der Waals surface area contributed by atoms with Crippen molar-refractivity contribution in [2.45, 2.75) is 0 Å². The van der Waals surface area contributed by atoms with E-state index in [1.165, 1.54) is 0 Å². The van der Waals surface area contributed by atoms with E-state index in [1.54, 1.807) is 0 Å². The van der Waals surface area contributed by atoms with Gasteiger partial charge in [0.15, 0.2) is 0 Å². The van der Waals surface area contributed by atoms with Gasteiger partial charge in [0.1, 0.15) is 0 Å². The Balaban J connectivity index is 2.99. The lowest BCUT2D eigenvalue weighted by atomic mass is 10.5. The van der Waals surface area contributed by atoms with Gasteiger partial charge in [0, 0.05) is 10.6 Å². The summed E-state index contributed by atoms with van der Waals surface area (Å²) in [6, 6.07) is 0. The second kappa shape index (κ2) is 3.59. The molecule has 0 aromatic rings. The summed E-state index contributed by atoms with van der Waals surface area (Å²) >= 11 is 8.32. The zero-order chi connectivity index (χ0) is 4.99. The van der Waals surface area contributed by atoms with Gasteiger partial charge in [-0.3, -0.25) is 0 Å². The van der Waals surface area contributed by atoms with Crippen LogP contribution in [0.1, 0.15) is 0 Å². The molecule has 0 aromatic carbocycles. The minimum absolute atomic E-state index is 0.0150. The summed E-state index contributed by atoms with van der Waals surface area (Å²) < 4.78 is 0. The SMILES string of the molecule is OCC(=S)CS. The average molecular weight is 122 g/mol. The molecule has 0 aliphatic heterocycles. The van der Waals surface area contributed by atoms with Gasteiger partial charge >= 0.3 is 0 Å². The maximum absolute atomic E-state index is 8.14. The molecule has 0 heterocycles. The standard InChI is InChI=1S/C3H6OS2/c4-1-3(6)2-5/h4-5H,1-2H2. The first-order chi connectivity index (χ1) is 2.81. The topological polar surface area (TPSA) is 20.2 Å². The predicted octanol–water partition coefficient (Wildman–Crippen LogP) is 0.278. The van der Waals surface area contributed by atoms with E-state index in [0.29, 0.717) is 10.6 Å². The van der Waals surface area contributed by atoms with Gasteiger partial charge in [-0.05, 0) is 0 Å². The van der Waals surface area contributed by atoms with Crippen molar-refractivity contribution in [2.24, 2.45) is 0 Å². The Morgan fingerprint density at radius 3 is 2.33 bits per heavy atom. The van der Waals surface area contributed by atoms with Gasteiger partial charge in [0.05, 0.1) is 6.61 Å². The zero-order valence-corrected chi connectivity index (χ0v) is 4.93. The van der Waals surface area contributed by atoms with E-state index >= 15 is 0 Å². The molecular formula is C3H6OS2. The molecule has 0 rings (SSSR count). The monoisotopic (exact) mass is 122 g/mol. The van der Waals surface area contributed by atoms with Gasteiger partial charge in [0.25, 0.3) is 0 Å². The highest BCUT2D eigenvalue weighted by molar-refractivity contribution is 7.86. The van der Waals surface area contributed by atoms with Crippen LogP contribution in [0.2, 0.25) is 0 Å². The fourth-order valence-corrected chi connectivity index (χ4v) is 0.150. The van der Waals surface area contributed by atoms with Crippen molar-refractivity contribution in [3.8, 4) is 0 Å². The minimum Gasteiger partial charge on any atom is -0.391 e.